The van der Waals surface area contributed by atoms with Gasteiger partial charge in [0.15, 0.2) is 5.65 Å². The topological polar surface area (TPSA) is 51.0 Å². The van der Waals surface area contributed by atoms with Crippen molar-refractivity contribution in [3.05, 3.63) is 47.2 Å². The van der Waals surface area contributed by atoms with Gasteiger partial charge in [-0.1, -0.05) is 36.8 Å². The normalized spacial score (nSPS) is 17.3. The summed E-state index contributed by atoms with van der Waals surface area (Å²) in [5.74, 6) is 0.114. The average Bonchev–Trinajstić information content (AvgIpc) is 3.01. The van der Waals surface area contributed by atoms with Crippen LogP contribution in [0.1, 0.15) is 54.2 Å². The number of carbonyl (C=O) groups is 1. The number of likely N-dealkylation sites (tertiary alicyclic amines) is 1. The van der Waals surface area contributed by atoms with Crippen LogP contribution in [0.3, 0.4) is 0 Å². The molecular formula is C23H28N4O. The van der Waals surface area contributed by atoms with Gasteiger partial charge in [-0.15, -0.1) is 0 Å². The van der Waals surface area contributed by atoms with Crippen LogP contribution in [0.4, 0.5) is 0 Å². The predicted molar refractivity (Wildman–Crippen MR) is 112 cm³/mol. The maximum absolute atomic E-state index is 13.6. The van der Waals surface area contributed by atoms with E-state index < -0.39 is 0 Å². The molecule has 0 radical (unpaired) electrons. The Balaban J connectivity index is 1.88. The first-order valence-corrected chi connectivity index (χ1v) is 10.2. The Morgan fingerprint density at radius 1 is 1.18 bits per heavy atom. The fourth-order valence-electron chi connectivity index (χ4n) is 4.33. The number of hydrogen-bond donors (Lipinski definition) is 0. The minimum absolute atomic E-state index is 0.114. The highest BCUT2D eigenvalue weighted by atomic mass is 16.2. The van der Waals surface area contributed by atoms with Crippen molar-refractivity contribution in [1.29, 1.82) is 0 Å². The lowest BCUT2D eigenvalue weighted by Gasteiger charge is -2.35. The third-order valence-electron chi connectivity index (χ3n) is 5.91. The summed E-state index contributed by atoms with van der Waals surface area (Å²) in [6, 6.07) is 10.6. The summed E-state index contributed by atoms with van der Waals surface area (Å²) in [6.07, 6.45) is 4.37. The lowest BCUT2D eigenvalue weighted by atomic mass is 9.97. The second kappa shape index (κ2) is 7.38. The molecule has 0 N–H and O–H groups in total. The molecule has 28 heavy (non-hydrogen) atoms. The van der Waals surface area contributed by atoms with Gasteiger partial charge in [0.2, 0.25) is 0 Å². The zero-order chi connectivity index (χ0) is 19.8. The van der Waals surface area contributed by atoms with Gasteiger partial charge < -0.3 is 4.90 Å². The van der Waals surface area contributed by atoms with E-state index in [0.29, 0.717) is 6.04 Å². The summed E-state index contributed by atoms with van der Waals surface area (Å²) in [7, 11) is 1.89. The van der Waals surface area contributed by atoms with E-state index in [1.54, 1.807) is 4.68 Å². The number of nitrogens with zero attached hydrogens (tertiary/aromatic N) is 4. The molecule has 1 aliphatic heterocycles. The Labute approximate surface area is 166 Å². The second-order valence-electron chi connectivity index (χ2n) is 7.89. The molecule has 0 unspecified atom stereocenters. The zero-order valence-electron chi connectivity index (χ0n) is 17.2. The van der Waals surface area contributed by atoms with Gasteiger partial charge in [0.25, 0.3) is 5.91 Å². The van der Waals surface area contributed by atoms with Crippen LogP contribution in [-0.2, 0) is 7.05 Å². The Morgan fingerprint density at radius 3 is 2.64 bits per heavy atom. The van der Waals surface area contributed by atoms with E-state index in [1.165, 1.54) is 12.0 Å². The molecule has 2 aromatic heterocycles. The summed E-state index contributed by atoms with van der Waals surface area (Å²) in [6.45, 7) is 7.03. The molecule has 0 saturated carbocycles. The Hall–Kier alpha value is -2.69. The van der Waals surface area contributed by atoms with Gasteiger partial charge in [-0.05, 0) is 45.6 Å². The molecule has 5 heteroatoms. The zero-order valence-corrected chi connectivity index (χ0v) is 17.2. The molecule has 4 rings (SSSR count). The molecule has 3 aromatic rings. The summed E-state index contributed by atoms with van der Waals surface area (Å²) < 4.78 is 1.78. The van der Waals surface area contributed by atoms with Crippen LogP contribution in [-0.4, -0.2) is 38.2 Å². The van der Waals surface area contributed by atoms with Gasteiger partial charge in [-0.25, -0.2) is 4.98 Å². The molecular weight excluding hydrogens is 348 g/mol. The van der Waals surface area contributed by atoms with Crippen molar-refractivity contribution in [2.24, 2.45) is 7.05 Å². The highest BCUT2D eigenvalue weighted by molar-refractivity contribution is 6.07. The number of amides is 1. The summed E-state index contributed by atoms with van der Waals surface area (Å²) >= 11 is 0. The standard InChI is InChI=1S/C23H28N4O/c1-5-18-8-6-7-13-27(18)23(28)19-14-20(17-11-9-15(2)10-12-17)24-22-21(19)16(3)25-26(22)4/h9-12,14,18H,5-8,13H2,1-4H3/t18-/m1/s1. The average molecular weight is 377 g/mol. The number of pyridine rings is 1. The van der Waals surface area contributed by atoms with Crippen LogP contribution in [0.5, 0.6) is 0 Å². The number of piperidine rings is 1. The molecule has 1 aromatic carbocycles. The first-order valence-electron chi connectivity index (χ1n) is 10.2. The SMILES string of the molecule is CC[C@@H]1CCCCN1C(=O)c1cc(-c2ccc(C)cc2)nc2c1c(C)nn2C. The molecule has 146 valence electrons. The third-order valence-corrected chi connectivity index (χ3v) is 5.91. The fraction of sp³-hybridized carbons (Fsp3) is 0.435. The second-order valence-corrected chi connectivity index (χ2v) is 7.89. The highest BCUT2D eigenvalue weighted by Gasteiger charge is 2.29. The van der Waals surface area contributed by atoms with Gasteiger partial charge in [0.05, 0.1) is 22.3 Å². The number of fused-ring (bicyclic) bond motifs is 1. The Morgan fingerprint density at radius 2 is 1.93 bits per heavy atom. The first-order chi connectivity index (χ1) is 13.5. The fourth-order valence-corrected chi connectivity index (χ4v) is 4.33. The van der Waals surface area contributed by atoms with E-state index in [9.17, 15) is 4.79 Å². The van der Waals surface area contributed by atoms with Crippen LogP contribution in [0.15, 0.2) is 30.3 Å². The van der Waals surface area contributed by atoms with Crippen molar-refractivity contribution in [3.63, 3.8) is 0 Å². The van der Waals surface area contributed by atoms with E-state index in [-0.39, 0.29) is 5.91 Å². The van der Waals surface area contributed by atoms with Gasteiger partial charge in [-0.3, -0.25) is 9.48 Å². The van der Waals surface area contributed by atoms with Gasteiger partial charge >= 0.3 is 0 Å². The van der Waals surface area contributed by atoms with Crippen molar-refractivity contribution < 1.29 is 4.79 Å². The number of rotatable bonds is 3. The van der Waals surface area contributed by atoms with Gasteiger partial charge in [0, 0.05) is 25.2 Å². The molecule has 0 spiro atoms. The minimum atomic E-state index is 0.114. The van der Waals surface area contributed by atoms with Crippen molar-refractivity contribution in [3.8, 4) is 11.3 Å². The number of carbonyl (C=O) groups excluding carboxylic acids is 1. The lowest BCUT2D eigenvalue weighted by molar-refractivity contribution is 0.0610. The number of hydrogen-bond acceptors (Lipinski definition) is 3. The van der Waals surface area contributed by atoms with E-state index >= 15 is 0 Å². The molecule has 1 saturated heterocycles. The van der Waals surface area contributed by atoms with E-state index in [4.69, 9.17) is 4.98 Å². The molecule has 1 fully saturated rings. The van der Waals surface area contributed by atoms with Gasteiger partial charge in [0.1, 0.15) is 0 Å². The van der Waals surface area contributed by atoms with Crippen LogP contribution >= 0.6 is 0 Å². The Kier molecular flexibility index (Phi) is 4.92. The predicted octanol–water partition coefficient (Wildman–Crippen LogP) is 4.66. The number of aryl methyl sites for hydroxylation is 3. The maximum Gasteiger partial charge on any atom is 0.254 e. The minimum Gasteiger partial charge on any atom is -0.336 e. The lowest BCUT2D eigenvalue weighted by Crippen LogP contribution is -2.43. The smallest absolute Gasteiger partial charge is 0.254 e. The van der Waals surface area contributed by atoms with Crippen LogP contribution in [0.25, 0.3) is 22.3 Å². The molecule has 1 amide bonds. The summed E-state index contributed by atoms with van der Waals surface area (Å²) in [5, 5.41) is 5.43. The molecule has 5 nitrogen and oxygen atoms in total. The van der Waals surface area contributed by atoms with Crippen LogP contribution < -0.4 is 0 Å². The molecule has 0 bridgehead atoms. The summed E-state index contributed by atoms with van der Waals surface area (Å²) in [4.78, 5) is 20.6. The molecule has 1 atom stereocenters. The van der Waals surface area contributed by atoms with Crippen molar-refractivity contribution in [1.82, 2.24) is 19.7 Å². The van der Waals surface area contributed by atoms with Crippen molar-refractivity contribution >= 4 is 16.9 Å². The quantitative estimate of drug-likeness (QED) is 0.668. The third kappa shape index (κ3) is 3.19. The molecule has 0 aliphatic carbocycles. The van der Waals surface area contributed by atoms with E-state index in [2.05, 4.69) is 48.1 Å². The Bertz CT molecular complexity index is 1020. The molecule has 3 heterocycles. The number of benzene rings is 1. The largest absolute Gasteiger partial charge is 0.336 e. The van der Waals surface area contributed by atoms with E-state index in [0.717, 1.165) is 59.4 Å². The molecule has 1 aliphatic rings. The van der Waals surface area contributed by atoms with Crippen molar-refractivity contribution in [2.45, 2.75) is 52.5 Å². The van der Waals surface area contributed by atoms with E-state index in [1.807, 2.05) is 20.0 Å². The highest BCUT2D eigenvalue weighted by Crippen LogP contribution is 2.30. The van der Waals surface area contributed by atoms with Gasteiger partial charge in [-0.2, -0.15) is 5.10 Å². The van der Waals surface area contributed by atoms with Crippen molar-refractivity contribution in [2.75, 3.05) is 6.54 Å². The first kappa shape index (κ1) is 18.7. The maximum atomic E-state index is 13.6. The van der Waals surface area contributed by atoms with Crippen LogP contribution in [0, 0.1) is 13.8 Å². The monoisotopic (exact) mass is 376 g/mol. The van der Waals surface area contributed by atoms with Crippen LogP contribution in [0.2, 0.25) is 0 Å². The summed E-state index contributed by atoms with van der Waals surface area (Å²) in [5.41, 5.74) is 5.40. The number of aromatic nitrogens is 3.